The van der Waals surface area contributed by atoms with E-state index in [1.54, 1.807) is 32.4 Å². The van der Waals surface area contributed by atoms with Crippen LogP contribution in [0.15, 0.2) is 59.6 Å². The molecule has 1 atom stereocenters. The molecule has 1 aliphatic rings. The van der Waals surface area contributed by atoms with Crippen molar-refractivity contribution >= 4 is 17.9 Å². The van der Waals surface area contributed by atoms with Crippen molar-refractivity contribution < 1.29 is 23.0 Å². The van der Waals surface area contributed by atoms with Crippen LogP contribution in [-0.2, 0) is 15.1 Å². The smallest absolute Gasteiger partial charge is 0.387 e. The largest absolute Gasteiger partial charge is 0.435 e. The second-order valence-corrected chi connectivity index (χ2v) is 6.43. The Morgan fingerprint density at radius 1 is 1.21 bits per heavy atom. The van der Waals surface area contributed by atoms with Gasteiger partial charge in [-0.2, -0.15) is 8.78 Å². The van der Waals surface area contributed by atoms with E-state index in [4.69, 9.17) is 10.5 Å². The Labute approximate surface area is 167 Å². The number of carbonyl (C=O) groups excluding carboxylic acids is 1. The Balaban J connectivity index is 2.09. The highest BCUT2D eigenvalue weighted by Gasteiger charge is 2.49. The molecular weight excluding hydrogens is 380 g/mol. The molecule has 29 heavy (non-hydrogen) atoms. The van der Waals surface area contributed by atoms with Gasteiger partial charge in [0.15, 0.2) is 11.5 Å². The van der Waals surface area contributed by atoms with E-state index in [9.17, 15) is 13.6 Å². The Hall–Kier alpha value is -3.26. The number of nitrogens with two attached hydrogens (primary N) is 1. The number of nitrogens with zero attached hydrogens (tertiary/aromatic N) is 2. The van der Waals surface area contributed by atoms with Crippen molar-refractivity contribution in [1.29, 1.82) is 0 Å². The first-order chi connectivity index (χ1) is 13.9. The summed E-state index contributed by atoms with van der Waals surface area (Å²) >= 11 is 0. The first-order valence-electron chi connectivity index (χ1n) is 8.83. The SMILES string of the molecule is COCC=Cc1cccc([C@@]2(c3ccc(OC(F)F)cc3)N=C(N)N(C)C2=O)c1. The molecule has 0 saturated heterocycles. The number of amides is 1. The van der Waals surface area contributed by atoms with Crippen molar-refractivity contribution in [2.45, 2.75) is 12.2 Å². The van der Waals surface area contributed by atoms with Gasteiger partial charge in [0.25, 0.3) is 5.91 Å². The average molecular weight is 401 g/mol. The number of ether oxygens (including phenoxy) is 2. The molecule has 0 aliphatic carbocycles. The summed E-state index contributed by atoms with van der Waals surface area (Å²) in [6.07, 6.45) is 3.72. The Kier molecular flexibility index (Phi) is 5.93. The van der Waals surface area contributed by atoms with Gasteiger partial charge in [-0.05, 0) is 34.9 Å². The maximum atomic E-state index is 13.2. The van der Waals surface area contributed by atoms with Crippen LogP contribution in [0.25, 0.3) is 6.08 Å². The molecule has 0 bridgehead atoms. The van der Waals surface area contributed by atoms with Gasteiger partial charge in [0, 0.05) is 14.2 Å². The lowest BCUT2D eigenvalue weighted by Crippen LogP contribution is -2.41. The summed E-state index contributed by atoms with van der Waals surface area (Å²) in [7, 11) is 3.14. The summed E-state index contributed by atoms with van der Waals surface area (Å²) in [6.45, 7) is -2.48. The van der Waals surface area contributed by atoms with Gasteiger partial charge < -0.3 is 15.2 Å². The predicted molar refractivity (Wildman–Crippen MR) is 106 cm³/mol. The molecule has 0 saturated carbocycles. The molecule has 6 nitrogen and oxygen atoms in total. The lowest BCUT2D eigenvalue weighted by atomic mass is 9.82. The summed E-state index contributed by atoms with van der Waals surface area (Å²) in [5, 5.41) is 0. The minimum absolute atomic E-state index is 0.00842. The van der Waals surface area contributed by atoms with Crippen molar-refractivity contribution in [3.63, 3.8) is 0 Å². The van der Waals surface area contributed by atoms with Gasteiger partial charge in [-0.25, -0.2) is 4.99 Å². The topological polar surface area (TPSA) is 77.2 Å². The zero-order valence-electron chi connectivity index (χ0n) is 16.0. The van der Waals surface area contributed by atoms with Crippen molar-refractivity contribution in [2.24, 2.45) is 10.7 Å². The fourth-order valence-electron chi connectivity index (χ4n) is 3.21. The minimum Gasteiger partial charge on any atom is -0.435 e. The van der Waals surface area contributed by atoms with Crippen molar-refractivity contribution in [3.8, 4) is 5.75 Å². The Morgan fingerprint density at radius 2 is 1.93 bits per heavy atom. The lowest BCUT2D eigenvalue weighted by Gasteiger charge is -2.26. The van der Waals surface area contributed by atoms with E-state index in [1.807, 2.05) is 30.4 Å². The number of likely N-dealkylation sites (N-methyl/N-ethyl adjacent to an activating group) is 1. The lowest BCUT2D eigenvalue weighted by molar-refractivity contribution is -0.129. The summed E-state index contributed by atoms with van der Waals surface area (Å²) < 4.78 is 34.3. The molecule has 2 aromatic rings. The molecule has 1 amide bonds. The standard InChI is InChI=1S/C21H21F2N3O3/c1-26-18(27)21(25-20(26)24,15-8-10-17(11-9-15)29-19(22)23)16-7-3-5-14(13-16)6-4-12-28-2/h3-11,13,19H,12H2,1-2H3,(H2,24,25)/t21-/m1/s1. The monoisotopic (exact) mass is 401 g/mol. The van der Waals surface area contributed by atoms with Crippen molar-refractivity contribution in [3.05, 3.63) is 71.3 Å². The molecule has 0 fully saturated rings. The predicted octanol–water partition coefficient (Wildman–Crippen LogP) is 2.98. The third-order valence-corrected chi connectivity index (χ3v) is 4.61. The highest BCUT2D eigenvalue weighted by atomic mass is 19.3. The van der Waals surface area contributed by atoms with Crippen LogP contribution in [0.1, 0.15) is 16.7 Å². The Morgan fingerprint density at radius 3 is 2.52 bits per heavy atom. The van der Waals surface area contributed by atoms with E-state index in [0.29, 0.717) is 17.7 Å². The van der Waals surface area contributed by atoms with Crippen LogP contribution in [0.4, 0.5) is 8.78 Å². The van der Waals surface area contributed by atoms with Gasteiger partial charge in [-0.3, -0.25) is 9.69 Å². The van der Waals surface area contributed by atoms with E-state index < -0.39 is 12.2 Å². The molecule has 152 valence electrons. The number of hydrogen-bond donors (Lipinski definition) is 1. The molecular formula is C21H21F2N3O3. The third kappa shape index (κ3) is 3.97. The fourth-order valence-corrected chi connectivity index (χ4v) is 3.21. The maximum Gasteiger partial charge on any atom is 0.387 e. The zero-order chi connectivity index (χ0) is 21.0. The van der Waals surface area contributed by atoms with Crippen molar-refractivity contribution in [2.75, 3.05) is 20.8 Å². The second-order valence-electron chi connectivity index (χ2n) is 6.43. The number of rotatable bonds is 7. The number of hydrogen-bond acceptors (Lipinski definition) is 5. The van der Waals surface area contributed by atoms with Gasteiger partial charge in [0.05, 0.1) is 6.61 Å². The molecule has 0 spiro atoms. The highest BCUT2D eigenvalue weighted by Crippen LogP contribution is 2.40. The summed E-state index contributed by atoms with van der Waals surface area (Å²) in [6, 6.07) is 13.2. The van der Waals surface area contributed by atoms with Crippen LogP contribution in [0.2, 0.25) is 0 Å². The first kappa shape index (κ1) is 20.5. The zero-order valence-corrected chi connectivity index (χ0v) is 16.0. The summed E-state index contributed by atoms with van der Waals surface area (Å²) in [4.78, 5) is 19.0. The number of alkyl halides is 2. The van der Waals surface area contributed by atoms with Gasteiger partial charge >= 0.3 is 6.61 Å². The third-order valence-electron chi connectivity index (χ3n) is 4.61. The first-order valence-corrected chi connectivity index (χ1v) is 8.83. The van der Waals surface area contributed by atoms with Crippen LogP contribution in [0.3, 0.4) is 0 Å². The molecule has 3 rings (SSSR count). The van der Waals surface area contributed by atoms with E-state index in [0.717, 1.165) is 5.56 Å². The fraction of sp³-hybridized carbons (Fsp3) is 0.238. The van der Waals surface area contributed by atoms with Gasteiger partial charge in [-0.1, -0.05) is 42.5 Å². The minimum atomic E-state index is -2.93. The molecule has 0 radical (unpaired) electrons. The molecule has 0 unspecified atom stereocenters. The molecule has 8 heteroatoms. The van der Waals surface area contributed by atoms with E-state index in [1.165, 1.54) is 17.0 Å². The number of benzene rings is 2. The van der Waals surface area contributed by atoms with E-state index in [-0.39, 0.29) is 17.6 Å². The quantitative estimate of drug-likeness (QED) is 0.774. The van der Waals surface area contributed by atoms with Crippen LogP contribution in [-0.4, -0.2) is 44.1 Å². The Bertz CT molecular complexity index is 944. The van der Waals surface area contributed by atoms with E-state index in [2.05, 4.69) is 9.73 Å². The second kappa shape index (κ2) is 8.40. The van der Waals surface area contributed by atoms with Crippen LogP contribution >= 0.6 is 0 Å². The molecule has 1 heterocycles. The number of methoxy groups -OCH3 is 1. The molecule has 2 N–H and O–H groups in total. The number of aliphatic imine (C=N–C) groups is 1. The number of guanidine groups is 1. The number of halogens is 2. The van der Waals surface area contributed by atoms with E-state index >= 15 is 0 Å². The van der Waals surface area contributed by atoms with Gasteiger partial charge in [0.1, 0.15) is 5.75 Å². The molecule has 0 aromatic heterocycles. The number of carbonyl (C=O) groups is 1. The summed E-state index contributed by atoms with van der Waals surface area (Å²) in [5.41, 5.74) is 6.50. The van der Waals surface area contributed by atoms with Crippen LogP contribution in [0, 0.1) is 0 Å². The normalized spacial score (nSPS) is 19.3. The van der Waals surface area contributed by atoms with Crippen LogP contribution in [0.5, 0.6) is 5.75 Å². The van der Waals surface area contributed by atoms with Crippen LogP contribution < -0.4 is 10.5 Å². The average Bonchev–Trinajstić information content (AvgIpc) is 2.93. The van der Waals surface area contributed by atoms with Crippen molar-refractivity contribution in [1.82, 2.24) is 4.90 Å². The molecule has 1 aliphatic heterocycles. The molecule has 2 aromatic carbocycles. The van der Waals surface area contributed by atoms with Gasteiger partial charge in [0.2, 0.25) is 0 Å². The summed E-state index contributed by atoms with van der Waals surface area (Å²) in [5.74, 6) is -0.273. The van der Waals surface area contributed by atoms with Gasteiger partial charge in [-0.15, -0.1) is 0 Å². The highest BCUT2D eigenvalue weighted by molar-refractivity contribution is 6.09. The maximum absolute atomic E-state index is 13.2.